The SMILES string of the molecule is O=C(NCc1ccc(OCc2ccccn2)cc1)c1ccc(Br)cc1O. The fraction of sp³-hybridized carbons (Fsp3) is 0.100. The molecule has 132 valence electrons. The maximum Gasteiger partial charge on any atom is 0.255 e. The molecule has 2 aromatic carbocycles. The van der Waals surface area contributed by atoms with Gasteiger partial charge < -0.3 is 15.2 Å². The number of benzene rings is 2. The van der Waals surface area contributed by atoms with Crippen molar-refractivity contribution in [1.29, 1.82) is 0 Å². The predicted molar refractivity (Wildman–Crippen MR) is 102 cm³/mol. The second-order valence-corrected chi connectivity index (χ2v) is 6.51. The first-order valence-corrected chi connectivity index (χ1v) is 8.79. The first kappa shape index (κ1) is 17.9. The zero-order valence-corrected chi connectivity index (χ0v) is 15.4. The Morgan fingerprint density at radius 2 is 1.92 bits per heavy atom. The molecule has 0 unspecified atom stereocenters. The van der Waals surface area contributed by atoms with Crippen LogP contribution in [0.1, 0.15) is 21.6 Å². The van der Waals surface area contributed by atoms with Crippen molar-refractivity contribution < 1.29 is 14.6 Å². The number of phenols is 1. The van der Waals surface area contributed by atoms with E-state index in [9.17, 15) is 9.90 Å². The maximum atomic E-state index is 12.2. The molecule has 3 rings (SSSR count). The Hall–Kier alpha value is -2.86. The molecule has 0 atom stereocenters. The number of carbonyl (C=O) groups is 1. The van der Waals surface area contributed by atoms with E-state index in [2.05, 4.69) is 26.2 Å². The third-order valence-electron chi connectivity index (χ3n) is 3.69. The Morgan fingerprint density at radius 3 is 2.62 bits per heavy atom. The molecular weight excluding hydrogens is 396 g/mol. The van der Waals surface area contributed by atoms with Gasteiger partial charge in [-0.15, -0.1) is 0 Å². The number of carbonyl (C=O) groups excluding carboxylic acids is 1. The first-order valence-electron chi connectivity index (χ1n) is 8.00. The lowest BCUT2D eigenvalue weighted by Gasteiger charge is -2.09. The summed E-state index contributed by atoms with van der Waals surface area (Å²) in [4.78, 5) is 16.4. The summed E-state index contributed by atoms with van der Waals surface area (Å²) in [6.07, 6.45) is 1.73. The largest absolute Gasteiger partial charge is 0.507 e. The van der Waals surface area contributed by atoms with Crippen LogP contribution in [0.4, 0.5) is 0 Å². The van der Waals surface area contributed by atoms with Crippen molar-refractivity contribution in [2.24, 2.45) is 0 Å². The number of phenolic OH excluding ortho intramolecular Hbond substituents is 1. The third-order valence-corrected chi connectivity index (χ3v) is 4.19. The molecule has 0 aliphatic rings. The minimum Gasteiger partial charge on any atom is -0.507 e. The summed E-state index contributed by atoms with van der Waals surface area (Å²) in [7, 11) is 0. The third kappa shape index (κ3) is 4.83. The molecule has 2 N–H and O–H groups in total. The van der Waals surface area contributed by atoms with Crippen molar-refractivity contribution in [3.05, 3.63) is 88.2 Å². The fourth-order valence-electron chi connectivity index (χ4n) is 2.32. The average Bonchev–Trinajstić information content (AvgIpc) is 2.66. The van der Waals surface area contributed by atoms with Gasteiger partial charge in [0, 0.05) is 17.2 Å². The number of nitrogens with zero attached hydrogens (tertiary/aromatic N) is 1. The maximum absolute atomic E-state index is 12.2. The Bertz CT molecular complexity index is 883. The second kappa shape index (κ2) is 8.49. The Balaban J connectivity index is 1.53. The summed E-state index contributed by atoms with van der Waals surface area (Å²) in [5, 5.41) is 12.6. The molecule has 1 amide bonds. The summed E-state index contributed by atoms with van der Waals surface area (Å²) in [6.45, 7) is 0.759. The standard InChI is InChI=1S/C20H17BrN2O3/c21-15-6-9-18(19(24)11-15)20(25)23-12-14-4-7-17(8-5-14)26-13-16-3-1-2-10-22-16/h1-11,24H,12-13H2,(H,23,25). The summed E-state index contributed by atoms with van der Waals surface area (Å²) < 4.78 is 6.40. The molecular formula is C20H17BrN2O3. The van der Waals surface area contributed by atoms with E-state index in [0.717, 1.165) is 17.0 Å². The van der Waals surface area contributed by atoms with Crippen LogP contribution in [0.15, 0.2) is 71.3 Å². The highest BCUT2D eigenvalue weighted by Gasteiger charge is 2.11. The van der Waals surface area contributed by atoms with E-state index in [-0.39, 0.29) is 17.2 Å². The number of hydrogen-bond acceptors (Lipinski definition) is 4. The normalized spacial score (nSPS) is 10.3. The highest BCUT2D eigenvalue weighted by molar-refractivity contribution is 9.10. The molecule has 0 spiro atoms. The van der Waals surface area contributed by atoms with E-state index >= 15 is 0 Å². The van der Waals surface area contributed by atoms with Crippen LogP contribution in [0.3, 0.4) is 0 Å². The van der Waals surface area contributed by atoms with Gasteiger partial charge in [-0.2, -0.15) is 0 Å². The number of pyridine rings is 1. The van der Waals surface area contributed by atoms with Crippen molar-refractivity contribution in [2.45, 2.75) is 13.2 Å². The van der Waals surface area contributed by atoms with Gasteiger partial charge in [0.05, 0.1) is 11.3 Å². The molecule has 26 heavy (non-hydrogen) atoms. The topological polar surface area (TPSA) is 71.5 Å². The van der Waals surface area contributed by atoms with E-state index in [4.69, 9.17) is 4.74 Å². The number of hydrogen-bond donors (Lipinski definition) is 2. The number of halogens is 1. The number of nitrogens with one attached hydrogen (secondary N) is 1. The van der Waals surface area contributed by atoms with Crippen LogP contribution in [-0.4, -0.2) is 16.0 Å². The van der Waals surface area contributed by atoms with Crippen LogP contribution in [0.5, 0.6) is 11.5 Å². The molecule has 0 aliphatic carbocycles. The highest BCUT2D eigenvalue weighted by Crippen LogP contribution is 2.22. The number of aromatic hydroxyl groups is 1. The van der Waals surface area contributed by atoms with Crippen molar-refractivity contribution in [1.82, 2.24) is 10.3 Å². The molecule has 1 heterocycles. The van der Waals surface area contributed by atoms with Crippen LogP contribution < -0.4 is 10.1 Å². The lowest BCUT2D eigenvalue weighted by Crippen LogP contribution is -2.22. The summed E-state index contributed by atoms with van der Waals surface area (Å²) in [5.41, 5.74) is 2.03. The zero-order valence-electron chi connectivity index (χ0n) is 13.9. The van der Waals surface area contributed by atoms with Crippen LogP contribution in [0.25, 0.3) is 0 Å². The summed E-state index contributed by atoms with van der Waals surface area (Å²) in [6, 6.07) is 17.9. The van der Waals surface area contributed by atoms with Gasteiger partial charge in [-0.1, -0.05) is 34.1 Å². The molecule has 0 saturated heterocycles. The lowest BCUT2D eigenvalue weighted by molar-refractivity contribution is 0.0948. The first-order chi connectivity index (χ1) is 12.6. The van der Waals surface area contributed by atoms with E-state index < -0.39 is 0 Å². The molecule has 0 fully saturated rings. The monoisotopic (exact) mass is 412 g/mol. The molecule has 1 aromatic heterocycles. The van der Waals surface area contributed by atoms with Crippen LogP contribution >= 0.6 is 15.9 Å². The molecule has 3 aromatic rings. The Morgan fingerprint density at radius 1 is 1.12 bits per heavy atom. The highest BCUT2D eigenvalue weighted by atomic mass is 79.9. The van der Waals surface area contributed by atoms with E-state index in [1.807, 2.05) is 42.5 Å². The van der Waals surface area contributed by atoms with Crippen molar-refractivity contribution >= 4 is 21.8 Å². The fourth-order valence-corrected chi connectivity index (χ4v) is 2.67. The number of aromatic nitrogens is 1. The zero-order chi connectivity index (χ0) is 18.4. The van der Waals surface area contributed by atoms with Crippen molar-refractivity contribution in [2.75, 3.05) is 0 Å². The van der Waals surface area contributed by atoms with Gasteiger partial charge >= 0.3 is 0 Å². The van der Waals surface area contributed by atoms with Crippen LogP contribution in [0, 0.1) is 0 Å². The van der Waals surface area contributed by atoms with Gasteiger partial charge in [0.15, 0.2) is 0 Å². The summed E-state index contributed by atoms with van der Waals surface area (Å²) in [5.74, 6) is 0.344. The molecule has 6 heteroatoms. The van der Waals surface area contributed by atoms with E-state index in [1.165, 1.54) is 6.07 Å². The molecule has 0 aliphatic heterocycles. The Kier molecular flexibility index (Phi) is 5.86. The number of ether oxygens (including phenoxy) is 1. The van der Waals surface area contributed by atoms with Gasteiger partial charge in [0.25, 0.3) is 5.91 Å². The number of rotatable bonds is 6. The van der Waals surface area contributed by atoms with Gasteiger partial charge in [-0.05, 0) is 48.0 Å². The average molecular weight is 413 g/mol. The van der Waals surface area contributed by atoms with Gasteiger partial charge in [-0.3, -0.25) is 9.78 Å². The number of amides is 1. The predicted octanol–water partition coefficient (Wildman–Crippen LogP) is 4.06. The molecule has 0 radical (unpaired) electrons. The van der Waals surface area contributed by atoms with Crippen molar-refractivity contribution in [3.8, 4) is 11.5 Å². The summed E-state index contributed by atoms with van der Waals surface area (Å²) >= 11 is 3.25. The van der Waals surface area contributed by atoms with Crippen LogP contribution in [0.2, 0.25) is 0 Å². The lowest BCUT2D eigenvalue weighted by atomic mass is 10.1. The molecule has 0 saturated carbocycles. The minimum atomic E-state index is -0.328. The Labute approximate surface area is 159 Å². The second-order valence-electron chi connectivity index (χ2n) is 5.60. The van der Waals surface area contributed by atoms with Crippen molar-refractivity contribution in [3.63, 3.8) is 0 Å². The molecule has 5 nitrogen and oxygen atoms in total. The van der Waals surface area contributed by atoms with E-state index in [0.29, 0.717) is 17.6 Å². The van der Waals surface area contributed by atoms with Gasteiger partial charge in [0.1, 0.15) is 18.1 Å². The van der Waals surface area contributed by atoms with E-state index in [1.54, 1.807) is 18.3 Å². The minimum absolute atomic E-state index is 0.0601. The molecule has 0 bridgehead atoms. The van der Waals surface area contributed by atoms with Gasteiger partial charge in [-0.25, -0.2) is 0 Å². The van der Waals surface area contributed by atoms with Crippen LogP contribution in [-0.2, 0) is 13.2 Å². The smallest absolute Gasteiger partial charge is 0.255 e. The van der Waals surface area contributed by atoms with Gasteiger partial charge in [0.2, 0.25) is 0 Å². The quantitative estimate of drug-likeness (QED) is 0.640.